The summed E-state index contributed by atoms with van der Waals surface area (Å²) in [7, 11) is 0. The predicted octanol–water partition coefficient (Wildman–Crippen LogP) is 2.80. The summed E-state index contributed by atoms with van der Waals surface area (Å²) in [6, 6.07) is 5.04. The second kappa shape index (κ2) is 3.14. The van der Waals surface area contributed by atoms with E-state index in [2.05, 4.69) is 12.6 Å². The SMILES string of the molecule is O=[N+]([O-])c1sc2ccc(S)cc2c1O. The lowest BCUT2D eigenvalue weighted by Crippen LogP contribution is -1.82. The minimum absolute atomic E-state index is 0.223. The number of nitro groups is 1. The fraction of sp³-hybridized carbons (Fsp3) is 0. The van der Waals surface area contributed by atoms with Crippen molar-refractivity contribution in [2.75, 3.05) is 0 Å². The summed E-state index contributed by atoms with van der Waals surface area (Å²) in [5.74, 6) is -0.272. The van der Waals surface area contributed by atoms with Gasteiger partial charge in [-0.3, -0.25) is 10.1 Å². The molecule has 72 valence electrons. The second-order valence-electron chi connectivity index (χ2n) is 2.69. The number of nitrogens with zero attached hydrogens (tertiary/aromatic N) is 1. The Balaban J connectivity index is 2.80. The van der Waals surface area contributed by atoms with Crippen LogP contribution < -0.4 is 0 Å². The van der Waals surface area contributed by atoms with E-state index in [1.54, 1.807) is 18.2 Å². The normalized spacial score (nSPS) is 10.6. The summed E-state index contributed by atoms with van der Waals surface area (Å²) < 4.78 is 0.687. The molecule has 0 fully saturated rings. The van der Waals surface area contributed by atoms with Gasteiger partial charge in [0.15, 0.2) is 0 Å². The largest absolute Gasteiger partial charge is 0.501 e. The van der Waals surface area contributed by atoms with Crippen LogP contribution in [-0.2, 0) is 0 Å². The Morgan fingerprint density at radius 3 is 2.86 bits per heavy atom. The third-order valence-electron chi connectivity index (χ3n) is 1.79. The number of hydrogen-bond acceptors (Lipinski definition) is 5. The van der Waals surface area contributed by atoms with E-state index in [4.69, 9.17) is 0 Å². The molecule has 14 heavy (non-hydrogen) atoms. The van der Waals surface area contributed by atoms with Crippen LogP contribution in [0.25, 0.3) is 10.1 Å². The summed E-state index contributed by atoms with van der Waals surface area (Å²) in [5.41, 5.74) is 0. The maximum atomic E-state index is 10.5. The first-order chi connectivity index (χ1) is 6.59. The molecule has 6 heteroatoms. The summed E-state index contributed by atoms with van der Waals surface area (Å²) >= 11 is 5.05. The molecule has 2 rings (SSSR count). The van der Waals surface area contributed by atoms with E-state index >= 15 is 0 Å². The molecule has 1 aromatic carbocycles. The van der Waals surface area contributed by atoms with Crippen molar-refractivity contribution in [3.8, 4) is 5.75 Å². The van der Waals surface area contributed by atoms with Crippen molar-refractivity contribution in [2.45, 2.75) is 4.90 Å². The van der Waals surface area contributed by atoms with Gasteiger partial charge >= 0.3 is 5.00 Å². The first-order valence-electron chi connectivity index (χ1n) is 3.68. The van der Waals surface area contributed by atoms with Crippen molar-refractivity contribution in [3.63, 3.8) is 0 Å². The average molecular weight is 227 g/mol. The molecule has 0 amide bonds. The molecule has 0 saturated heterocycles. The van der Waals surface area contributed by atoms with Crippen LogP contribution in [-0.4, -0.2) is 10.0 Å². The fourth-order valence-corrected chi connectivity index (χ4v) is 2.28. The lowest BCUT2D eigenvalue weighted by Gasteiger charge is -1.91. The minimum atomic E-state index is -0.585. The molecular weight excluding hydrogens is 222 g/mol. The van der Waals surface area contributed by atoms with Crippen LogP contribution in [0, 0.1) is 10.1 Å². The highest BCUT2D eigenvalue weighted by atomic mass is 32.1. The minimum Gasteiger partial charge on any atom is -0.501 e. The second-order valence-corrected chi connectivity index (χ2v) is 4.24. The molecular formula is C8H5NO3S2. The van der Waals surface area contributed by atoms with Gasteiger partial charge in [0, 0.05) is 15.0 Å². The highest BCUT2D eigenvalue weighted by molar-refractivity contribution is 7.80. The average Bonchev–Trinajstić information content (AvgIpc) is 2.44. The highest BCUT2D eigenvalue weighted by Crippen LogP contribution is 2.43. The predicted molar refractivity (Wildman–Crippen MR) is 57.4 cm³/mol. The smallest absolute Gasteiger partial charge is 0.366 e. The van der Waals surface area contributed by atoms with Crippen LogP contribution in [0.1, 0.15) is 0 Å². The van der Waals surface area contributed by atoms with Crippen LogP contribution in [0.3, 0.4) is 0 Å². The van der Waals surface area contributed by atoms with Crippen LogP contribution in [0.5, 0.6) is 5.75 Å². The third-order valence-corrected chi connectivity index (χ3v) is 3.18. The number of fused-ring (bicyclic) bond motifs is 1. The van der Waals surface area contributed by atoms with Gasteiger partial charge in [-0.15, -0.1) is 12.6 Å². The molecule has 0 spiro atoms. The molecule has 1 heterocycles. The molecule has 0 aliphatic carbocycles. The highest BCUT2D eigenvalue weighted by Gasteiger charge is 2.20. The number of hydrogen-bond donors (Lipinski definition) is 2. The zero-order valence-electron chi connectivity index (χ0n) is 6.80. The fourth-order valence-electron chi connectivity index (χ4n) is 1.18. The maximum Gasteiger partial charge on any atom is 0.366 e. The van der Waals surface area contributed by atoms with Crippen LogP contribution in [0.4, 0.5) is 5.00 Å². The molecule has 4 nitrogen and oxygen atoms in total. The zero-order valence-corrected chi connectivity index (χ0v) is 8.51. The first kappa shape index (κ1) is 9.29. The number of aromatic hydroxyl groups is 1. The van der Waals surface area contributed by atoms with E-state index in [0.717, 1.165) is 11.3 Å². The van der Waals surface area contributed by atoms with E-state index < -0.39 is 4.92 Å². The number of thiophene rings is 1. The van der Waals surface area contributed by atoms with Gasteiger partial charge in [0.05, 0.1) is 4.92 Å². The molecule has 0 aliphatic rings. The van der Waals surface area contributed by atoms with E-state index in [9.17, 15) is 15.2 Å². The lowest BCUT2D eigenvalue weighted by atomic mass is 10.2. The Hall–Kier alpha value is -1.27. The van der Waals surface area contributed by atoms with E-state index in [-0.39, 0.29) is 10.8 Å². The van der Waals surface area contributed by atoms with Gasteiger partial charge in [0.25, 0.3) is 0 Å². The summed E-state index contributed by atoms with van der Waals surface area (Å²) in [4.78, 5) is 10.6. The zero-order chi connectivity index (χ0) is 10.3. The standard InChI is InChI=1S/C8H5NO3S2/c10-7-5-3-4(13)1-2-6(5)14-8(7)9(11)12/h1-3,10,13H. The van der Waals surface area contributed by atoms with Crippen molar-refractivity contribution < 1.29 is 10.0 Å². The van der Waals surface area contributed by atoms with Crippen molar-refractivity contribution in [1.82, 2.24) is 0 Å². The van der Waals surface area contributed by atoms with Crippen LogP contribution in [0.2, 0.25) is 0 Å². The molecule has 1 aromatic heterocycles. The third kappa shape index (κ3) is 1.32. The van der Waals surface area contributed by atoms with Gasteiger partial charge in [-0.2, -0.15) is 0 Å². The molecule has 0 atom stereocenters. The van der Waals surface area contributed by atoms with Gasteiger partial charge in [0.1, 0.15) is 0 Å². The van der Waals surface area contributed by atoms with E-state index in [1.165, 1.54) is 0 Å². The summed E-state index contributed by atoms with van der Waals surface area (Å²) in [6.07, 6.45) is 0. The maximum absolute atomic E-state index is 10.5. The van der Waals surface area contributed by atoms with Gasteiger partial charge in [-0.25, -0.2) is 0 Å². The Labute approximate surface area is 88.4 Å². The summed E-state index contributed by atoms with van der Waals surface area (Å²) in [6.45, 7) is 0. The van der Waals surface area contributed by atoms with Crippen LogP contribution >= 0.6 is 24.0 Å². The van der Waals surface area contributed by atoms with Gasteiger partial charge < -0.3 is 5.11 Å². The van der Waals surface area contributed by atoms with Crippen molar-refractivity contribution in [3.05, 3.63) is 28.3 Å². The van der Waals surface area contributed by atoms with Crippen LogP contribution in [0.15, 0.2) is 23.1 Å². The van der Waals surface area contributed by atoms with Gasteiger partial charge in [-0.1, -0.05) is 11.3 Å². The number of rotatable bonds is 1. The Morgan fingerprint density at radius 2 is 2.21 bits per heavy atom. The topological polar surface area (TPSA) is 63.4 Å². The Morgan fingerprint density at radius 1 is 1.50 bits per heavy atom. The van der Waals surface area contributed by atoms with Gasteiger partial charge in [0.2, 0.25) is 5.75 Å². The monoisotopic (exact) mass is 227 g/mol. The summed E-state index contributed by atoms with van der Waals surface area (Å²) in [5, 5.41) is 20.3. The first-order valence-corrected chi connectivity index (χ1v) is 4.95. The number of thiol groups is 1. The molecule has 0 aliphatic heterocycles. The van der Waals surface area contributed by atoms with Crippen molar-refractivity contribution in [2.24, 2.45) is 0 Å². The quantitative estimate of drug-likeness (QED) is 0.447. The van der Waals surface area contributed by atoms with Crippen molar-refractivity contribution in [1.29, 1.82) is 0 Å². The van der Waals surface area contributed by atoms with Crippen molar-refractivity contribution >= 4 is 39.1 Å². The molecule has 0 unspecified atom stereocenters. The molecule has 1 N–H and O–H groups in total. The van der Waals surface area contributed by atoms with E-state index in [0.29, 0.717) is 15.0 Å². The Bertz CT molecular complexity index is 521. The Kier molecular flexibility index (Phi) is 2.09. The molecule has 0 bridgehead atoms. The van der Waals surface area contributed by atoms with Gasteiger partial charge in [-0.05, 0) is 18.2 Å². The number of benzene rings is 1. The molecule has 2 aromatic rings. The molecule has 0 saturated carbocycles. The van der Waals surface area contributed by atoms with E-state index in [1.807, 2.05) is 0 Å². The lowest BCUT2D eigenvalue weighted by molar-refractivity contribution is -0.381. The molecule has 0 radical (unpaired) electrons.